The summed E-state index contributed by atoms with van der Waals surface area (Å²) in [4.78, 5) is 31.0. The van der Waals surface area contributed by atoms with Gasteiger partial charge in [-0.05, 0) is 12.8 Å². The summed E-state index contributed by atoms with van der Waals surface area (Å²) in [7, 11) is 0. The molecule has 0 unspecified atom stereocenters. The summed E-state index contributed by atoms with van der Waals surface area (Å²) in [5.41, 5.74) is 0.785. The molecule has 3 rings (SSSR count). The van der Waals surface area contributed by atoms with Gasteiger partial charge in [0.1, 0.15) is 11.5 Å². The van der Waals surface area contributed by atoms with E-state index in [1.54, 1.807) is 31.0 Å². The van der Waals surface area contributed by atoms with Crippen molar-refractivity contribution in [3.05, 3.63) is 36.7 Å². The Labute approximate surface area is 128 Å². The van der Waals surface area contributed by atoms with Crippen molar-refractivity contribution in [3.63, 3.8) is 0 Å². The molecule has 0 aliphatic carbocycles. The van der Waals surface area contributed by atoms with Gasteiger partial charge in [-0.2, -0.15) is 0 Å². The lowest BCUT2D eigenvalue weighted by Gasteiger charge is -2.25. The van der Waals surface area contributed by atoms with Crippen LogP contribution in [0, 0.1) is 0 Å². The second-order valence-electron chi connectivity index (χ2n) is 5.10. The van der Waals surface area contributed by atoms with Crippen molar-refractivity contribution in [2.75, 3.05) is 11.9 Å². The van der Waals surface area contributed by atoms with Crippen LogP contribution in [0.1, 0.15) is 37.9 Å². The van der Waals surface area contributed by atoms with Gasteiger partial charge in [-0.15, -0.1) is 0 Å². The van der Waals surface area contributed by atoms with E-state index in [9.17, 15) is 4.79 Å². The summed E-state index contributed by atoms with van der Waals surface area (Å²) in [6.07, 6.45) is 10.5. The predicted molar refractivity (Wildman–Crippen MR) is 81.3 cm³/mol. The molecule has 1 aliphatic rings. The molecule has 2 aromatic rings. The number of anilines is 2. The molecule has 7 heteroatoms. The zero-order valence-corrected chi connectivity index (χ0v) is 12.4. The summed E-state index contributed by atoms with van der Waals surface area (Å²) >= 11 is 0. The average molecular weight is 298 g/mol. The highest BCUT2D eigenvalue weighted by molar-refractivity contribution is 5.77. The maximum atomic E-state index is 12.1. The van der Waals surface area contributed by atoms with Gasteiger partial charge in [-0.25, -0.2) is 9.97 Å². The Morgan fingerprint density at radius 1 is 1.27 bits per heavy atom. The van der Waals surface area contributed by atoms with Crippen molar-refractivity contribution in [2.45, 2.75) is 32.2 Å². The van der Waals surface area contributed by atoms with Crippen molar-refractivity contribution < 1.29 is 4.79 Å². The van der Waals surface area contributed by atoms with Gasteiger partial charge in [0.15, 0.2) is 5.82 Å². The molecular weight excluding hydrogens is 280 g/mol. The van der Waals surface area contributed by atoms with E-state index in [4.69, 9.17) is 0 Å². The van der Waals surface area contributed by atoms with E-state index >= 15 is 0 Å². The predicted octanol–water partition coefficient (Wildman–Crippen LogP) is 2.08. The fourth-order valence-electron chi connectivity index (χ4n) is 2.73. The minimum atomic E-state index is -0.0275. The third kappa shape index (κ3) is 2.88. The second kappa shape index (κ2) is 6.46. The van der Waals surface area contributed by atoms with Gasteiger partial charge in [0.05, 0.1) is 12.2 Å². The number of hydrogen-bond donors (Lipinski definition) is 1. The number of aromatic nitrogens is 4. The van der Waals surface area contributed by atoms with Gasteiger partial charge in [0.25, 0.3) is 0 Å². The Hall–Kier alpha value is -2.57. The Morgan fingerprint density at radius 2 is 2.09 bits per heavy atom. The van der Waals surface area contributed by atoms with Crippen LogP contribution >= 0.6 is 0 Å². The molecule has 2 aromatic heterocycles. The summed E-state index contributed by atoms with van der Waals surface area (Å²) < 4.78 is 0. The van der Waals surface area contributed by atoms with Crippen molar-refractivity contribution in [1.82, 2.24) is 24.8 Å². The maximum absolute atomic E-state index is 12.1. The summed E-state index contributed by atoms with van der Waals surface area (Å²) in [6.45, 7) is 2.66. The third-order valence-corrected chi connectivity index (χ3v) is 3.73. The number of nitrogens with one attached hydrogen (secondary N) is 1. The molecule has 0 spiro atoms. The van der Waals surface area contributed by atoms with Crippen molar-refractivity contribution in [3.8, 4) is 0 Å². The van der Waals surface area contributed by atoms with Gasteiger partial charge < -0.3 is 10.2 Å². The number of likely N-dealkylation sites (tertiary alicyclic amines) is 1. The minimum absolute atomic E-state index is 0.0275. The highest BCUT2D eigenvalue weighted by Crippen LogP contribution is 2.34. The van der Waals surface area contributed by atoms with Crippen LogP contribution in [0.4, 0.5) is 11.6 Å². The minimum Gasteiger partial charge on any atom is -0.334 e. The summed E-state index contributed by atoms with van der Waals surface area (Å²) in [6, 6.07) is -0.0275. The SMILES string of the molecule is CCC(=O)N1CCC[C@@H]1c1nccnc1Nc1cnccn1. The first-order chi connectivity index (χ1) is 10.8. The van der Waals surface area contributed by atoms with E-state index < -0.39 is 0 Å². The van der Waals surface area contributed by atoms with Gasteiger partial charge >= 0.3 is 0 Å². The Morgan fingerprint density at radius 3 is 2.86 bits per heavy atom. The molecule has 0 aromatic carbocycles. The van der Waals surface area contributed by atoms with Crippen LogP contribution in [-0.4, -0.2) is 37.3 Å². The number of carbonyl (C=O) groups is 1. The number of amides is 1. The van der Waals surface area contributed by atoms with E-state index in [0.29, 0.717) is 18.1 Å². The first kappa shape index (κ1) is 14.4. The molecule has 0 radical (unpaired) electrons. The molecule has 3 heterocycles. The topological polar surface area (TPSA) is 83.9 Å². The number of rotatable bonds is 4. The lowest BCUT2D eigenvalue weighted by molar-refractivity contribution is -0.131. The quantitative estimate of drug-likeness (QED) is 0.930. The second-order valence-corrected chi connectivity index (χ2v) is 5.10. The number of nitrogens with zero attached hydrogens (tertiary/aromatic N) is 5. The molecule has 1 aliphatic heterocycles. The molecular formula is C15H18N6O. The molecule has 0 bridgehead atoms. The lowest BCUT2D eigenvalue weighted by atomic mass is 10.1. The molecule has 1 fully saturated rings. The van der Waals surface area contributed by atoms with Crippen molar-refractivity contribution >= 4 is 17.5 Å². The lowest BCUT2D eigenvalue weighted by Crippen LogP contribution is -2.30. The van der Waals surface area contributed by atoms with E-state index in [2.05, 4.69) is 25.3 Å². The van der Waals surface area contributed by atoms with Crippen molar-refractivity contribution in [2.24, 2.45) is 0 Å². The normalized spacial score (nSPS) is 17.5. The summed E-state index contributed by atoms with van der Waals surface area (Å²) in [5, 5.41) is 3.14. The van der Waals surface area contributed by atoms with Gasteiger partial charge in [0.2, 0.25) is 5.91 Å². The average Bonchev–Trinajstić information content (AvgIpc) is 3.05. The van der Waals surface area contributed by atoms with Crippen LogP contribution < -0.4 is 5.32 Å². The van der Waals surface area contributed by atoms with E-state index in [-0.39, 0.29) is 11.9 Å². The zero-order chi connectivity index (χ0) is 15.4. The van der Waals surface area contributed by atoms with Crippen LogP contribution in [-0.2, 0) is 4.79 Å². The zero-order valence-electron chi connectivity index (χ0n) is 12.4. The number of hydrogen-bond acceptors (Lipinski definition) is 6. The summed E-state index contributed by atoms with van der Waals surface area (Å²) in [5.74, 6) is 1.39. The number of carbonyl (C=O) groups excluding carboxylic acids is 1. The third-order valence-electron chi connectivity index (χ3n) is 3.73. The molecule has 114 valence electrons. The van der Waals surface area contributed by atoms with Gasteiger partial charge in [-0.3, -0.25) is 14.8 Å². The van der Waals surface area contributed by atoms with Crippen LogP contribution in [0.15, 0.2) is 31.0 Å². The van der Waals surface area contributed by atoms with E-state index in [0.717, 1.165) is 25.1 Å². The maximum Gasteiger partial charge on any atom is 0.222 e. The first-order valence-corrected chi connectivity index (χ1v) is 7.43. The van der Waals surface area contributed by atoms with Crippen LogP contribution in [0.3, 0.4) is 0 Å². The molecule has 1 saturated heterocycles. The van der Waals surface area contributed by atoms with Gasteiger partial charge in [-0.1, -0.05) is 6.92 Å². The molecule has 1 atom stereocenters. The van der Waals surface area contributed by atoms with Crippen molar-refractivity contribution in [1.29, 1.82) is 0 Å². The monoisotopic (exact) mass is 298 g/mol. The smallest absolute Gasteiger partial charge is 0.222 e. The van der Waals surface area contributed by atoms with Gasteiger partial charge in [0, 0.05) is 37.8 Å². The standard InChI is InChI=1S/C15H18N6O/c1-2-13(22)21-9-3-4-11(21)14-15(19-8-7-18-14)20-12-10-16-5-6-17-12/h5-8,10-11H,2-4,9H2,1H3,(H,17,19,20)/t11-/m1/s1. The highest BCUT2D eigenvalue weighted by atomic mass is 16.2. The van der Waals surface area contributed by atoms with Crippen LogP contribution in [0.2, 0.25) is 0 Å². The highest BCUT2D eigenvalue weighted by Gasteiger charge is 2.32. The molecule has 7 nitrogen and oxygen atoms in total. The van der Waals surface area contributed by atoms with E-state index in [1.807, 2.05) is 11.8 Å². The molecule has 22 heavy (non-hydrogen) atoms. The Kier molecular flexibility index (Phi) is 4.22. The first-order valence-electron chi connectivity index (χ1n) is 7.43. The molecule has 0 saturated carbocycles. The fourth-order valence-corrected chi connectivity index (χ4v) is 2.73. The van der Waals surface area contributed by atoms with Crippen LogP contribution in [0.5, 0.6) is 0 Å². The fraction of sp³-hybridized carbons (Fsp3) is 0.400. The van der Waals surface area contributed by atoms with Crippen LogP contribution in [0.25, 0.3) is 0 Å². The molecule has 1 N–H and O–H groups in total. The molecule has 1 amide bonds. The van der Waals surface area contributed by atoms with E-state index in [1.165, 1.54) is 0 Å². The Balaban J connectivity index is 1.89. The largest absolute Gasteiger partial charge is 0.334 e. The Bertz CT molecular complexity index is 647.